The quantitative estimate of drug-likeness (QED) is 0.219. The average Bonchev–Trinajstić information content (AvgIpc) is 3.36. The van der Waals surface area contributed by atoms with E-state index in [1.54, 1.807) is 16.7 Å². The average molecular weight is 507 g/mol. The Balaban J connectivity index is 1.31. The molecule has 1 unspecified atom stereocenters. The second kappa shape index (κ2) is 8.68. The molecule has 1 aromatic heterocycles. The van der Waals surface area contributed by atoms with Gasteiger partial charge >= 0.3 is 0 Å². The van der Waals surface area contributed by atoms with Gasteiger partial charge in [0.1, 0.15) is 0 Å². The van der Waals surface area contributed by atoms with Gasteiger partial charge in [-0.3, -0.25) is 0 Å². The lowest BCUT2D eigenvalue weighted by molar-refractivity contribution is 0.590. The van der Waals surface area contributed by atoms with E-state index in [4.69, 9.17) is 0 Å². The van der Waals surface area contributed by atoms with Crippen LogP contribution in [0.25, 0.3) is 59.3 Å². The number of benzene rings is 5. The Morgan fingerprint density at radius 1 is 0.684 bits per heavy atom. The first-order chi connectivity index (χ1) is 18.8. The van der Waals surface area contributed by atoms with Crippen LogP contribution in [0, 0.1) is 0 Å². The molecule has 0 fully saturated rings. The van der Waals surface area contributed by atoms with Crippen molar-refractivity contribution in [3.05, 3.63) is 113 Å². The second-order valence-electron chi connectivity index (χ2n) is 11.1. The predicted octanol–water partition coefficient (Wildman–Crippen LogP) is 10.9. The van der Waals surface area contributed by atoms with Gasteiger partial charge in [0, 0.05) is 20.2 Å². The standard InChI is InChI=1S/C37H30S/c1-23-9-6-16-31-28-12-2-3-13-29(28)34-22-25(19-20-32(34)36(23)31)24-10-7-11-26(21-24)27-15-8-17-33-30-14-4-5-18-35(30)38-37(27)33/h3-5,7-8,10-11,13-15,17-23H,2,6,9,12,16H2,1H3. The largest absolute Gasteiger partial charge is 0.135 e. The van der Waals surface area contributed by atoms with Crippen molar-refractivity contribution in [3.63, 3.8) is 0 Å². The summed E-state index contributed by atoms with van der Waals surface area (Å²) in [5.74, 6) is 0.647. The summed E-state index contributed by atoms with van der Waals surface area (Å²) in [6, 6.07) is 32.0. The first-order valence-corrected chi connectivity index (χ1v) is 14.9. The van der Waals surface area contributed by atoms with Crippen molar-refractivity contribution in [3.8, 4) is 22.3 Å². The summed E-state index contributed by atoms with van der Waals surface area (Å²) >= 11 is 1.91. The highest BCUT2D eigenvalue weighted by atomic mass is 32.1. The highest BCUT2D eigenvalue weighted by molar-refractivity contribution is 7.26. The molecular formula is C37H30S. The van der Waals surface area contributed by atoms with E-state index in [2.05, 4.69) is 104 Å². The molecule has 1 atom stereocenters. The monoisotopic (exact) mass is 506 g/mol. The molecule has 1 heterocycles. The van der Waals surface area contributed by atoms with E-state index >= 15 is 0 Å². The Morgan fingerprint density at radius 2 is 1.53 bits per heavy atom. The zero-order valence-corrected chi connectivity index (χ0v) is 22.6. The van der Waals surface area contributed by atoms with Gasteiger partial charge in [0.15, 0.2) is 0 Å². The molecule has 0 amide bonds. The minimum atomic E-state index is 0.647. The van der Waals surface area contributed by atoms with Gasteiger partial charge in [0.05, 0.1) is 0 Å². The zero-order chi connectivity index (χ0) is 25.2. The molecule has 0 spiro atoms. The fraction of sp³-hybridized carbons (Fsp3) is 0.189. The number of rotatable bonds is 2. The van der Waals surface area contributed by atoms with E-state index in [0.717, 1.165) is 0 Å². The van der Waals surface area contributed by atoms with E-state index in [1.165, 1.54) is 90.9 Å². The first-order valence-electron chi connectivity index (χ1n) is 14.1. The predicted molar refractivity (Wildman–Crippen MR) is 166 cm³/mol. The van der Waals surface area contributed by atoms with Gasteiger partial charge in [0.25, 0.3) is 0 Å². The third-order valence-electron chi connectivity index (χ3n) is 8.93. The maximum Gasteiger partial charge on any atom is 0.0433 e. The lowest BCUT2D eigenvalue weighted by Crippen LogP contribution is -2.13. The molecule has 6 aromatic rings. The first kappa shape index (κ1) is 22.3. The van der Waals surface area contributed by atoms with Crippen LogP contribution >= 0.6 is 11.3 Å². The fourth-order valence-electron chi connectivity index (χ4n) is 7.16. The van der Waals surface area contributed by atoms with Crippen LogP contribution in [0.3, 0.4) is 0 Å². The van der Waals surface area contributed by atoms with Crippen LogP contribution in [0.1, 0.15) is 54.4 Å². The van der Waals surface area contributed by atoms with Gasteiger partial charge < -0.3 is 0 Å². The molecule has 38 heavy (non-hydrogen) atoms. The zero-order valence-electron chi connectivity index (χ0n) is 21.8. The van der Waals surface area contributed by atoms with Gasteiger partial charge in [-0.25, -0.2) is 0 Å². The van der Waals surface area contributed by atoms with Crippen LogP contribution in [0.4, 0.5) is 0 Å². The van der Waals surface area contributed by atoms with E-state index < -0.39 is 0 Å². The third kappa shape index (κ3) is 3.35. The highest BCUT2D eigenvalue weighted by Crippen LogP contribution is 2.44. The highest BCUT2D eigenvalue weighted by Gasteiger charge is 2.25. The van der Waals surface area contributed by atoms with Gasteiger partial charge in [-0.05, 0) is 112 Å². The summed E-state index contributed by atoms with van der Waals surface area (Å²) < 4.78 is 2.74. The van der Waals surface area contributed by atoms with Crippen LogP contribution in [-0.2, 0) is 12.8 Å². The molecule has 0 nitrogen and oxygen atoms in total. The van der Waals surface area contributed by atoms with Crippen LogP contribution in [-0.4, -0.2) is 0 Å². The van der Waals surface area contributed by atoms with Crippen molar-refractivity contribution in [1.29, 1.82) is 0 Å². The van der Waals surface area contributed by atoms with Crippen LogP contribution in [0.5, 0.6) is 0 Å². The summed E-state index contributed by atoms with van der Waals surface area (Å²) in [5, 5.41) is 5.64. The number of thiophene rings is 1. The normalized spacial score (nSPS) is 16.7. The van der Waals surface area contributed by atoms with Crippen LogP contribution < -0.4 is 0 Å². The molecule has 0 saturated carbocycles. The fourth-order valence-corrected chi connectivity index (χ4v) is 8.39. The maximum atomic E-state index is 2.48. The van der Waals surface area contributed by atoms with Gasteiger partial charge in [-0.1, -0.05) is 85.8 Å². The van der Waals surface area contributed by atoms with Crippen molar-refractivity contribution in [2.24, 2.45) is 0 Å². The Bertz CT molecular complexity index is 1920. The Hall–Kier alpha value is -3.68. The molecule has 0 bridgehead atoms. The van der Waals surface area contributed by atoms with E-state index in [9.17, 15) is 0 Å². The topological polar surface area (TPSA) is 0 Å². The second-order valence-corrected chi connectivity index (χ2v) is 12.2. The van der Waals surface area contributed by atoms with Gasteiger partial charge in [-0.2, -0.15) is 0 Å². The number of hydrogen-bond acceptors (Lipinski definition) is 1. The van der Waals surface area contributed by atoms with Gasteiger partial charge in [0.2, 0.25) is 0 Å². The lowest BCUT2D eigenvalue weighted by atomic mass is 9.75. The lowest BCUT2D eigenvalue weighted by Gasteiger charge is -2.30. The summed E-state index contributed by atoms with van der Waals surface area (Å²) in [6.07, 6.45) is 11.0. The van der Waals surface area contributed by atoms with Crippen molar-refractivity contribution in [1.82, 2.24) is 0 Å². The summed E-state index contributed by atoms with van der Waals surface area (Å²) in [6.45, 7) is 2.44. The minimum absolute atomic E-state index is 0.647. The van der Waals surface area contributed by atoms with E-state index in [0.29, 0.717) is 5.92 Å². The smallest absolute Gasteiger partial charge is 0.0433 e. The molecule has 184 valence electrons. The maximum absolute atomic E-state index is 2.48. The van der Waals surface area contributed by atoms with Crippen LogP contribution in [0.2, 0.25) is 0 Å². The van der Waals surface area contributed by atoms with E-state index in [-0.39, 0.29) is 0 Å². The molecule has 0 aliphatic heterocycles. The van der Waals surface area contributed by atoms with Crippen LogP contribution in [0.15, 0.2) is 91.0 Å². The van der Waals surface area contributed by atoms with Crippen molar-refractivity contribution in [2.75, 3.05) is 0 Å². The SMILES string of the molecule is CC1CCCc2c3c(c4cc(-c5cccc(-c6cccc7c6sc6ccccc67)c5)ccc4c21)C=CCC3. The molecular weight excluding hydrogens is 476 g/mol. The Kier molecular flexibility index (Phi) is 5.10. The van der Waals surface area contributed by atoms with Crippen molar-refractivity contribution in [2.45, 2.75) is 44.9 Å². The molecule has 2 aliphatic carbocycles. The van der Waals surface area contributed by atoms with Crippen molar-refractivity contribution < 1.29 is 0 Å². The van der Waals surface area contributed by atoms with Crippen molar-refractivity contribution >= 4 is 48.4 Å². The number of allylic oxidation sites excluding steroid dienone is 1. The van der Waals surface area contributed by atoms with E-state index in [1.807, 2.05) is 11.3 Å². The molecule has 0 saturated heterocycles. The molecule has 5 aromatic carbocycles. The number of fused-ring (bicyclic) bond motifs is 9. The summed E-state index contributed by atoms with van der Waals surface area (Å²) in [5.41, 5.74) is 11.6. The molecule has 2 aliphatic rings. The molecule has 1 heteroatoms. The Labute approximate surface area is 228 Å². The molecule has 0 N–H and O–H groups in total. The number of hydrogen-bond donors (Lipinski definition) is 0. The Morgan fingerprint density at radius 3 is 2.50 bits per heavy atom. The third-order valence-corrected chi connectivity index (χ3v) is 10.1. The minimum Gasteiger partial charge on any atom is -0.135 e. The summed E-state index contributed by atoms with van der Waals surface area (Å²) in [4.78, 5) is 0. The van der Waals surface area contributed by atoms with Gasteiger partial charge in [-0.15, -0.1) is 11.3 Å². The molecule has 8 rings (SSSR count). The summed E-state index contributed by atoms with van der Waals surface area (Å²) in [7, 11) is 0. The molecule has 0 radical (unpaired) electrons.